The van der Waals surface area contributed by atoms with Crippen molar-refractivity contribution in [2.45, 2.75) is 6.92 Å². The number of aromatic amines is 1. The van der Waals surface area contributed by atoms with Crippen molar-refractivity contribution in [1.82, 2.24) is 9.97 Å². The number of benzene rings is 2. The maximum atomic E-state index is 5.93. The van der Waals surface area contributed by atoms with E-state index < -0.39 is 0 Å². The van der Waals surface area contributed by atoms with Crippen molar-refractivity contribution in [2.75, 3.05) is 5.73 Å². The van der Waals surface area contributed by atoms with Crippen LogP contribution in [-0.4, -0.2) is 9.97 Å². The molecule has 0 unspecified atom stereocenters. The number of nitrogens with one attached hydrogen (secondary N) is 1. The van der Waals surface area contributed by atoms with Crippen molar-refractivity contribution in [2.24, 2.45) is 0 Å². The molecule has 4 aromatic rings. The number of hydrogen-bond donors (Lipinski definition) is 2. The van der Waals surface area contributed by atoms with E-state index in [4.69, 9.17) is 5.73 Å². The molecule has 0 radical (unpaired) electrons. The summed E-state index contributed by atoms with van der Waals surface area (Å²) in [6.45, 7) is 2.07. The number of aryl methyl sites for hydroxylation is 1. The number of H-pyrrole nitrogens is 1. The smallest absolute Gasteiger partial charge is 0.0781 e. The quantitative estimate of drug-likeness (QED) is 0.523. The van der Waals surface area contributed by atoms with Crippen LogP contribution >= 0.6 is 0 Å². The molecule has 0 bridgehead atoms. The fourth-order valence-corrected chi connectivity index (χ4v) is 3.00. The van der Waals surface area contributed by atoms with Gasteiger partial charge in [-0.25, -0.2) is 0 Å². The second-order valence-electron chi connectivity index (χ2n) is 5.78. The first kappa shape index (κ1) is 13.6. The SMILES string of the molecule is Cc1cc2cc(-c3cccnc3-c3cccc(N)c3)ccc2[nH]1. The van der Waals surface area contributed by atoms with Crippen molar-refractivity contribution in [3.63, 3.8) is 0 Å². The van der Waals surface area contributed by atoms with Gasteiger partial charge in [0, 0.05) is 39.6 Å². The number of hydrogen-bond acceptors (Lipinski definition) is 2. The van der Waals surface area contributed by atoms with Crippen LogP contribution in [-0.2, 0) is 0 Å². The summed E-state index contributed by atoms with van der Waals surface area (Å²) >= 11 is 0. The Hall–Kier alpha value is -3.07. The van der Waals surface area contributed by atoms with Crippen molar-refractivity contribution < 1.29 is 0 Å². The molecule has 0 atom stereocenters. The molecule has 23 heavy (non-hydrogen) atoms. The minimum absolute atomic E-state index is 0.746. The van der Waals surface area contributed by atoms with Crippen LogP contribution < -0.4 is 5.73 Å². The van der Waals surface area contributed by atoms with Gasteiger partial charge in [0.05, 0.1) is 5.69 Å². The molecule has 0 aliphatic heterocycles. The number of nitrogens with two attached hydrogens (primary N) is 1. The zero-order chi connectivity index (χ0) is 15.8. The average molecular weight is 299 g/mol. The van der Waals surface area contributed by atoms with Gasteiger partial charge in [0.1, 0.15) is 0 Å². The van der Waals surface area contributed by atoms with Crippen molar-refractivity contribution in [3.05, 3.63) is 72.6 Å². The van der Waals surface area contributed by atoms with Crippen LogP contribution in [0.25, 0.3) is 33.3 Å². The fraction of sp³-hybridized carbons (Fsp3) is 0.0500. The summed E-state index contributed by atoms with van der Waals surface area (Å²) in [7, 11) is 0. The highest BCUT2D eigenvalue weighted by Gasteiger charge is 2.10. The topological polar surface area (TPSA) is 54.7 Å². The van der Waals surface area contributed by atoms with Crippen molar-refractivity contribution in [3.8, 4) is 22.4 Å². The highest BCUT2D eigenvalue weighted by Crippen LogP contribution is 2.32. The lowest BCUT2D eigenvalue weighted by molar-refractivity contribution is 1.30. The summed E-state index contributed by atoms with van der Waals surface area (Å²) in [5.74, 6) is 0. The van der Waals surface area contributed by atoms with Gasteiger partial charge in [-0.05, 0) is 48.9 Å². The lowest BCUT2D eigenvalue weighted by Gasteiger charge is -2.09. The maximum Gasteiger partial charge on any atom is 0.0781 e. The maximum absolute atomic E-state index is 5.93. The molecule has 3 N–H and O–H groups in total. The first-order valence-electron chi connectivity index (χ1n) is 7.61. The van der Waals surface area contributed by atoms with E-state index in [0.717, 1.165) is 33.6 Å². The zero-order valence-electron chi connectivity index (χ0n) is 12.9. The van der Waals surface area contributed by atoms with Crippen LogP contribution in [0.5, 0.6) is 0 Å². The van der Waals surface area contributed by atoms with E-state index in [1.165, 1.54) is 11.1 Å². The highest BCUT2D eigenvalue weighted by atomic mass is 14.7. The second-order valence-corrected chi connectivity index (χ2v) is 5.78. The second kappa shape index (κ2) is 5.29. The molecule has 0 fully saturated rings. The molecule has 3 nitrogen and oxygen atoms in total. The summed E-state index contributed by atoms with van der Waals surface area (Å²) in [5.41, 5.74) is 13.2. The molecule has 0 amide bonds. The number of anilines is 1. The molecule has 3 heteroatoms. The van der Waals surface area contributed by atoms with Crippen LogP contribution in [0.15, 0.2) is 66.9 Å². The number of nitrogens with zero attached hydrogens (tertiary/aromatic N) is 1. The molecule has 0 aliphatic carbocycles. The molecule has 0 aliphatic rings. The number of nitrogen functional groups attached to an aromatic ring is 1. The number of pyridine rings is 1. The van der Waals surface area contributed by atoms with E-state index in [9.17, 15) is 0 Å². The average Bonchev–Trinajstić information content (AvgIpc) is 2.94. The monoisotopic (exact) mass is 299 g/mol. The third-order valence-corrected chi connectivity index (χ3v) is 4.03. The summed E-state index contributed by atoms with van der Waals surface area (Å²) in [5, 5.41) is 1.21. The lowest BCUT2D eigenvalue weighted by Crippen LogP contribution is -1.91. The minimum atomic E-state index is 0.746. The van der Waals surface area contributed by atoms with Gasteiger partial charge in [-0.15, -0.1) is 0 Å². The number of rotatable bonds is 2. The molecule has 2 aromatic carbocycles. The van der Waals surface area contributed by atoms with Crippen LogP contribution in [0.3, 0.4) is 0 Å². The summed E-state index contributed by atoms with van der Waals surface area (Å²) < 4.78 is 0. The number of fused-ring (bicyclic) bond motifs is 1. The standard InChI is InChI=1S/C20H17N3/c1-13-10-16-11-14(7-8-19(16)23-13)18-6-3-9-22-20(18)15-4-2-5-17(21)12-15/h2-12,23H,21H2,1H3. The first-order chi connectivity index (χ1) is 11.2. The van der Waals surface area contributed by atoms with Crippen LogP contribution in [0, 0.1) is 6.92 Å². The van der Waals surface area contributed by atoms with Crippen LogP contribution in [0.2, 0.25) is 0 Å². The molecular weight excluding hydrogens is 282 g/mol. The van der Waals surface area contributed by atoms with Crippen LogP contribution in [0.4, 0.5) is 5.69 Å². The Morgan fingerprint density at radius 1 is 0.913 bits per heavy atom. The molecule has 0 saturated carbocycles. The van der Waals surface area contributed by atoms with E-state index >= 15 is 0 Å². The van der Waals surface area contributed by atoms with E-state index in [0.29, 0.717) is 0 Å². The Labute approximate surface area is 134 Å². The van der Waals surface area contributed by atoms with Crippen molar-refractivity contribution >= 4 is 16.6 Å². The molecule has 2 heterocycles. The van der Waals surface area contributed by atoms with Gasteiger partial charge < -0.3 is 10.7 Å². The summed E-state index contributed by atoms with van der Waals surface area (Å²) in [6, 6.07) is 20.5. The normalized spacial score (nSPS) is 11.0. The van der Waals surface area contributed by atoms with Gasteiger partial charge in [0.15, 0.2) is 0 Å². The van der Waals surface area contributed by atoms with Crippen LogP contribution in [0.1, 0.15) is 5.69 Å². The molecule has 2 aromatic heterocycles. The van der Waals surface area contributed by atoms with Gasteiger partial charge in [0.25, 0.3) is 0 Å². The van der Waals surface area contributed by atoms with Gasteiger partial charge in [-0.3, -0.25) is 4.98 Å². The third-order valence-electron chi connectivity index (χ3n) is 4.03. The largest absolute Gasteiger partial charge is 0.399 e. The fourth-order valence-electron chi connectivity index (χ4n) is 3.00. The van der Waals surface area contributed by atoms with E-state index in [1.54, 1.807) is 0 Å². The molecule has 0 spiro atoms. The molecule has 4 rings (SSSR count). The molecule has 112 valence electrons. The third kappa shape index (κ3) is 2.46. The predicted octanol–water partition coefficient (Wildman–Crippen LogP) is 4.79. The minimum Gasteiger partial charge on any atom is -0.399 e. The molecular formula is C20H17N3. The van der Waals surface area contributed by atoms with E-state index in [-0.39, 0.29) is 0 Å². The summed E-state index contributed by atoms with van der Waals surface area (Å²) in [6.07, 6.45) is 1.82. The van der Waals surface area contributed by atoms with Gasteiger partial charge >= 0.3 is 0 Å². The molecule has 0 saturated heterocycles. The Kier molecular flexibility index (Phi) is 3.12. The van der Waals surface area contributed by atoms with E-state index in [1.807, 2.05) is 36.5 Å². The van der Waals surface area contributed by atoms with Gasteiger partial charge in [-0.1, -0.05) is 24.3 Å². The van der Waals surface area contributed by atoms with Crippen molar-refractivity contribution in [1.29, 1.82) is 0 Å². The van der Waals surface area contributed by atoms with E-state index in [2.05, 4.69) is 47.2 Å². The lowest BCUT2D eigenvalue weighted by atomic mass is 9.98. The Morgan fingerprint density at radius 3 is 2.70 bits per heavy atom. The zero-order valence-corrected chi connectivity index (χ0v) is 12.9. The first-order valence-corrected chi connectivity index (χ1v) is 7.61. The number of aromatic nitrogens is 2. The Bertz CT molecular complexity index is 999. The Morgan fingerprint density at radius 2 is 1.83 bits per heavy atom. The van der Waals surface area contributed by atoms with Gasteiger partial charge in [0.2, 0.25) is 0 Å². The van der Waals surface area contributed by atoms with Gasteiger partial charge in [-0.2, -0.15) is 0 Å². The highest BCUT2D eigenvalue weighted by molar-refractivity contribution is 5.89. The Balaban J connectivity index is 1.91. The summed E-state index contributed by atoms with van der Waals surface area (Å²) in [4.78, 5) is 7.95. The predicted molar refractivity (Wildman–Crippen MR) is 96.1 cm³/mol.